The Morgan fingerprint density at radius 2 is 1.41 bits per heavy atom. The first-order valence-electron chi connectivity index (χ1n) is 9.50. The van der Waals surface area contributed by atoms with E-state index in [1.165, 1.54) is 6.07 Å². The molecule has 0 aliphatic carbocycles. The van der Waals surface area contributed by atoms with Crippen molar-refractivity contribution in [1.29, 1.82) is 0 Å². The van der Waals surface area contributed by atoms with Gasteiger partial charge >= 0.3 is 20.8 Å². The molecule has 0 saturated carbocycles. The molecule has 29 heavy (non-hydrogen) atoms. The number of hydrogen-bond acceptors (Lipinski definition) is 6. The highest BCUT2D eigenvalue weighted by Crippen LogP contribution is 2.35. The average molecular weight is 443 g/mol. The topological polar surface area (TPSA) is 107 Å². The minimum absolute atomic E-state index is 0.00730. The van der Waals surface area contributed by atoms with E-state index in [9.17, 15) is 16.8 Å². The Morgan fingerprint density at radius 3 is 1.97 bits per heavy atom. The van der Waals surface area contributed by atoms with Gasteiger partial charge in [0.05, 0.1) is 0 Å². The maximum Gasteiger partial charge on any atom is 0.465 e. The fourth-order valence-electron chi connectivity index (χ4n) is 3.13. The molecule has 0 radical (unpaired) electrons. The maximum atomic E-state index is 11.9. The van der Waals surface area contributed by atoms with Crippen LogP contribution in [0, 0.1) is 0 Å². The molecule has 0 atom stereocenters. The van der Waals surface area contributed by atoms with E-state index in [0.717, 1.165) is 48.8 Å². The van der Waals surface area contributed by atoms with Gasteiger partial charge in [0, 0.05) is 0 Å². The largest absolute Gasteiger partial charge is 0.465 e. The van der Waals surface area contributed by atoms with E-state index in [2.05, 4.69) is 10.6 Å². The van der Waals surface area contributed by atoms with Crippen molar-refractivity contribution in [3.05, 3.63) is 53.6 Å². The third-order valence-electron chi connectivity index (χ3n) is 4.39. The summed E-state index contributed by atoms with van der Waals surface area (Å²) in [5.41, 5.74) is 3.64. The lowest BCUT2D eigenvalue weighted by atomic mass is 9.89. The third-order valence-corrected chi connectivity index (χ3v) is 6.13. The van der Waals surface area contributed by atoms with Gasteiger partial charge in [0.1, 0.15) is 5.75 Å². The fourth-order valence-corrected chi connectivity index (χ4v) is 4.46. The zero-order chi connectivity index (χ0) is 21.5. The number of rotatable bonds is 11. The van der Waals surface area contributed by atoms with Crippen molar-refractivity contribution >= 4 is 20.8 Å². The van der Waals surface area contributed by atoms with Gasteiger partial charge in [-0.1, -0.05) is 66.7 Å². The molecule has 9 heteroatoms. The summed E-state index contributed by atoms with van der Waals surface area (Å²) < 4.78 is 62.8. The summed E-state index contributed by atoms with van der Waals surface area (Å²) in [5.74, 6) is 0.00730. The van der Waals surface area contributed by atoms with Gasteiger partial charge in [-0.25, -0.2) is 0 Å². The summed E-state index contributed by atoms with van der Waals surface area (Å²) in [5, 5.41) is 0. The first-order valence-corrected chi connectivity index (χ1v) is 12.2. The minimum atomic E-state index is -5.22. The first kappa shape index (κ1) is 23.3. The van der Waals surface area contributed by atoms with Crippen LogP contribution in [0.15, 0.2) is 42.5 Å². The predicted molar refractivity (Wildman–Crippen MR) is 111 cm³/mol. The maximum absolute atomic E-state index is 11.9. The summed E-state index contributed by atoms with van der Waals surface area (Å²) in [7, 11) is -10.2. The molecule has 0 fully saturated rings. The van der Waals surface area contributed by atoms with Gasteiger partial charge < -0.3 is 4.18 Å². The Hall–Kier alpha value is -1.94. The quantitative estimate of drug-likeness (QED) is 0.511. The van der Waals surface area contributed by atoms with Crippen molar-refractivity contribution in [3.63, 3.8) is 0 Å². The summed E-state index contributed by atoms with van der Waals surface area (Å²) in [6, 6.07) is 13.0. The Morgan fingerprint density at radius 1 is 0.828 bits per heavy atom. The van der Waals surface area contributed by atoms with Crippen LogP contribution in [-0.2, 0) is 37.3 Å². The molecule has 0 heterocycles. The molecule has 0 saturated heterocycles. The molecule has 0 bridgehead atoms. The van der Waals surface area contributed by atoms with E-state index in [1.54, 1.807) is 6.07 Å². The lowest BCUT2D eigenvalue weighted by Crippen LogP contribution is -2.19. The van der Waals surface area contributed by atoms with Crippen LogP contribution in [0.25, 0.3) is 11.1 Å². The van der Waals surface area contributed by atoms with E-state index in [0.29, 0.717) is 12.0 Å². The SMILES string of the molecule is CCCCc1c(OS(=O)(=O)OS(=O)(=O)O)ccc(-c2ccccc2)c1CCCC. The highest BCUT2D eigenvalue weighted by atomic mass is 32.3. The zero-order valence-corrected chi connectivity index (χ0v) is 18.1. The van der Waals surface area contributed by atoms with Crippen LogP contribution in [0.4, 0.5) is 0 Å². The molecule has 2 rings (SSSR count). The van der Waals surface area contributed by atoms with Gasteiger partial charge in [0.15, 0.2) is 0 Å². The second-order valence-corrected chi connectivity index (χ2v) is 9.01. The van der Waals surface area contributed by atoms with Crippen LogP contribution < -0.4 is 4.18 Å². The van der Waals surface area contributed by atoms with Crippen molar-refractivity contribution < 1.29 is 29.2 Å². The normalized spacial score (nSPS) is 12.1. The molecule has 0 unspecified atom stereocenters. The van der Waals surface area contributed by atoms with Crippen molar-refractivity contribution in [2.45, 2.75) is 52.4 Å². The first-order chi connectivity index (χ1) is 13.7. The monoisotopic (exact) mass is 442 g/mol. The molecule has 160 valence electrons. The smallest absolute Gasteiger partial charge is 0.361 e. The molecule has 0 aliphatic rings. The van der Waals surface area contributed by atoms with Gasteiger partial charge in [0.2, 0.25) is 0 Å². The van der Waals surface area contributed by atoms with Crippen LogP contribution in [0.5, 0.6) is 5.75 Å². The molecule has 0 aromatic heterocycles. The van der Waals surface area contributed by atoms with Crippen LogP contribution in [-0.4, -0.2) is 21.4 Å². The van der Waals surface area contributed by atoms with E-state index < -0.39 is 20.8 Å². The van der Waals surface area contributed by atoms with Gasteiger partial charge in [-0.05, 0) is 54.0 Å². The van der Waals surface area contributed by atoms with Crippen molar-refractivity contribution in [3.8, 4) is 16.9 Å². The molecule has 7 nitrogen and oxygen atoms in total. The molecule has 0 amide bonds. The standard InChI is InChI=1S/C20H26O7S2/c1-3-5-12-18-17(16-10-8-7-9-11-16)14-15-20(19(18)13-6-4-2)26-29(24,25)27-28(21,22)23/h7-11,14-15H,3-6,12-13H2,1-2H3,(H,21,22,23). The summed E-state index contributed by atoms with van der Waals surface area (Å²) in [4.78, 5) is 0. The van der Waals surface area contributed by atoms with Gasteiger partial charge in [0.25, 0.3) is 0 Å². The Labute approximate surface area is 173 Å². The molecule has 2 aromatic rings. The minimum Gasteiger partial charge on any atom is -0.361 e. The molecule has 0 spiro atoms. The summed E-state index contributed by atoms with van der Waals surface area (Å²) >= 11 is 0. The van der Waals surface area contributed by atoms with E-state index in [1.807, 2.05) is 37.3 Å². The average Bonchev–Trinajstić information content (AvgIpc) is 2.63. The Kier molecular flexibility index (Phi) is 8.21. The number of hydrogen-bond donors (Lipinski definition) is 1. The lowest BCUT2D eigenvalue weighted by molar-refractivity contribution is 0.346. The van der Waals surface area contributed by atoms with E-state index in [-0.39, 0.29) is 5.75 Å². The fraction of sp³-hybridized carbons (Fsp3) is 0.400. The molecule has 2 aromatic carbocycles. The highest BCUT2D eigenvalue weighted by molar-refractivity contribution is 7.95. The summed E-state index contributed by atoms with van der Waals surface area (Å²) in [6.07, 6.45) is 4.82. The molecule has 1 N–H and O–H groups in total. The lowest BCUT2D eigenvalue weighted by Gasteiger charge is -2.19. The second kappa shape index (κ2) is 10.2. The number of benzene rings is 2. The molecular formula is C20H26O7S2. The van der Waals surface area contributed by atoms with Gasteiger partial charge in [-0.3, -0.25) is 4.55 Å². The van der Waals surface area contributed by atoms with Gasteiger partial charge in [-0.15, -0.1) is 0 Å². The number of unbranched alkanes of at least 4 members (excludes halogenated alkanes) is 2. The van der Waals surface area contributed by atoms with Crippen LogP contribution in [0.3, 0.4) is 0 Å². The van der Waals surface area contributed by atoms with Crippen molar-refractivity contribution in [2.24, 2.45) is 0 Å². The van der Waals surface area contributed by atoms with E-state index in [4.69, 9.17) is 8.74 Å². The molecular weight excluding hydrogens is 416 g/mol. The van der Waals surface area contributed by atoms with E-state index >= 15 is 0 Å². The van der Waals surface area contributed by atoms with Crippen LogP contribution in [0.1, 0.15) is 50.7 Å². The van der Waals surface area contributed by atoms with Crippen molar-refractivity contribution in [2.75, 3.05) is 0 Å². The van der Waals surface area contributed by atoms with Gasteiger partial charge in [-0.2, -0.15) is 16.8 Å². The second-order valence-electron chi connectivity index (χ2n) is 6.63. The Balaban J connectivity index is 2.59. The van der Waals surface area contributed by atoms with Crippen LogP contribution in [0.2, 0.25) is 0 Å². The predicted octanol–water partition coefficient (Wildman–Crippen LogP) is 4.48. The van der Waals surface area contributed by atoms with Crippen molar-refractivity contribution in [1.82, 2.24) is 0 Å². The molecule has 0 aliphatic heterocycles. The third kappa shape index (κ3) is 7.11. The Bertz CT molecular complexity index is 1010. The summed E-state index contributed by atoms with van der Waals surface area (Å²) in [6.45, 7) is 4.09. The zero-order valence-electron chi connectivity index (χ0n) is 16.5. The van der Waals surface area contributed by atoms with Crippen LogP contribution >= 0.6 is 0 Å². The highest BCUT2D eigenvalue weighted by Gasteiger charge is 2.25.